The molecule has 1 unspecified atom stereocenters. The van der Waals surface area contributed by atoms with Gasteiger partial charge in [-0.15, -0.1) is 0 Å². The van der Waals surface area contributed by atoms with Crippen molar-refractivity contribution in [2.75, 3.05) is 27.2 Å². The summed E-state index contributed by atoms with van der Waals surface area (Å²) in [6.45, 7) is 0.756. The lowest BCUT2D eigenvalue weighted by molar-refractivity contribution is 0.278. The quantitative estimate of drug-likeness (QED) is 0.298. The summed E-state index contributed by atoms with van der Waals surface area (Å²) in [6.07, 6.45) is 1.46. The maximum Gasteiger partial charge on any atom is 0.281 e. The third-order valence-corrected chi connectivity index (χ3v) is 4.61. The van der Waals surface area contributed by atoms with Crippen LogP contribution in [0, 0.1) is 5.92 Å². The molecule has 0 amide bonds. The molecule has 16 heavy (non-hydrogen) atoms. The van der Waals surface area contributed by atoms with Crippen molar-refractivity contribution in [1.82, 2.24) is 8.61 Å². The van der Waals surface area contributed by atoms with E-state index in [0.717, 1.165) is 6.42 Å². The van der Waals surface area contributed by atoms with E-state index in [-0.39, 0.29) is 18.3 Å². The highest BCUT2D eigenvalue weighted by Gasteiger charge is 2.31. The molecule has 0 aliphatic carbocycles. The number of piperidine rings is 1. The van der Waals surface area contributed by atoms with Crippen LogP contribution >= 0.6 is 0 Å². The molecule has 0 aromatic rings. The molecule has 7 nitrogen and oxygen atoms in total. The minimum Gasteiger partial charge on any atom is -0.409 e. The van der Waals surface area contributed by atoms with Crippen molar-refractivity contribution in [3.8, 4) is 0 Å². The predicted molar refractivity (Wildman–Crippen MR) is 60.3 cm³/mol. The smallest absolute Gasteiger partial charge is 0.281 e. The van der Waals surface area contributed by atoms with E-state index in [1.165, 1.54) is 22.7 Å². The normalized spacial score (nSPS) is 24.9. The van der Waals surface area contributed by atoms with Gasteiger partial charge in [0.2, 0.25) is 0 Å². The lowest BCUT2D eigenvalue weighted by Crippen LogP contribution is -2.48. The molecular formula is C8H18N4O3S. The summed E-state index contributed by atoms with van der Waals surface area (Å²) < 4.78 is 26.2. The van der Waals surface area contributed by atoms with E-state index < -0.39 is 10.2 Å². The van der Waals surface area contributed by atoms with Crippen molar-refractivity contribution in [2.45, 2.75) is 12.8 Å². The van der Waals surface area contributed by atoms with Crippen LogP contribution in [0.15, 0.2) is 5.16 Å². The second kappa shape index (κ2) is 4.98. The molecule has 1 heterocycles. The van der Waals surface area contributed by atoms with Gasteiger partial charge in [-0.05, 0) is 12.8 Å². The SMILES string of the molecule is CN(C)S(=O)(=O)N1CCCC(C(N)=NO)C1. The molecule has 0 bridgehead atoms. The predicted octanol–water partition coefficient (Wildman–Crippen LogP) is -0.749. The van der Waals surface area contributed by atoms with E-state index in [4.69, 9.17) is 10.9 Å². The Labute approximate surface area is 95.7 Å². The fraction of sp³-hybridized carbons (Fsp3) is 0.875. The van der Waals surface area contributed by atoms with Crippen molar-refractivity contribution in [3.63, 3.8) is 0 Å². The van der Waals surface area contributed by atoms with E-state index >= 15 is 0 Å². The highest BCUT2D eigenvalue weighted by atomic mass is 32.2. The Morgan fingerprint density at radius 3 is 2.69 bits per heavy atom. The van der Waals surface area contributed by atoms with Gasteiger partial charge in [-0.1, -0.05) is 5.16 Å². The lowest BCUT2D eigenvalue weighted by Gasteiger charge is -2.32. The topological polar surface area (TPSA) is 99.2 Å². The van der Waals surface area contributed by atoms with E-state index in [1.54, 1.807) is 0 Å². The maximum atomic E-state index is 11.9. The van der Waals surface area contributed by atoms with Gasteiger partial charge in [0.25, 0.3) is 10.2 Å². The van der Waals surface area contributed by atoms with Gasteiger partial charge in [-0.3, -0.25) is 0 Å². The summed E-state index contributed by atoms with van der Waals surface area (Å²) in [6, 6.07) is 0. The van der Waals surface area contributed by atoms with Crippen molar-refractivity contribution >= 4 is 16.0 Å². The second-order valence-corrected chi connectivity index (χ2v) is 6.15. The number of nitrogens with zero attached hydrogens (tertiary/aromatic N) is 3. The van der Waals surface area contributed by atoms with Gasteiger partial charge in [0.1, 0.15) is 5.84 Å². The van der Waals surface area contributed by atoms with Crippen molar-refractivity contribution in [3.05, 3.63) is 0 Å². The van der Waals surface area contributed by atoms with E-state index in [1.807, 2.05) is 0 Å². The first-order valence-corrected chi connectivity index (χ1v) is 6.44. The van der Waals surface area contributed by atoms with E-state index in [0.29, 0.717) is 13.0 Å². The van der Waals surface area contributed by atoms with Crippen LogP contribution < -0.4 is 5.73 Å². The van der Waals surface area contributed by atoms with Gasteiger partial charge in [-0.2, -0.15) is 17.0 Å². The molecule has 3 N–H and O–H groups in total. The Hall–Kier alpha value is -0.860. The molecule has 0 spiro atoms. The molecule has 1 rings (SSSR count). The first-order valence-electron chi connectivity index (χ1n) is 5.04. The molecule has 1 fully saturated rings. The van der Waals surface area contributed by atoms with Gasteiger partial charge in [0, 0.05) is 33.1 Å². The third-order valence-electron chi connectivity index (χ3n) is 2.71. The van der Waals surface area contributed by atoms with Crippen molar-refractivity contribution < 1.29 is 13.6 Å². The number of nitrogens with two attached hydrogens (primary N) is 1. The average molecular weight is 250 g/mol. The fourth-order valence-corrected chi connectivity index (χ4v) is 2.90. The molecule has 94 valence electrons. The highest BCUT2D eigenvalue weighted by Crippen LogP contribution is 2.20. The van der Waals surface area contributed by atoms with E-state index in [9.17, 15) is 8.42 Å². The van der Waals surface area contributed by atoms with E-state index in [2.05, 4.69) is 5.16 Å². The largest absolute Gasteiger partial charge is 0.409 e. The van der Waals surface area contributed by atoms with Gasteiger partial charge in [0.15, 0.2) is 0 Å². The molecule has 0 radical (unpaired) electrons. The first-order chi connectivity index (χ1) is 7.39. The van der Waals surface area contributed by atoms with Crippen LogP contribution in [0.5, 0.6) is 0 Å². The number of amidine groups is 1. The Morgan fingerprint density at radius 1 is 1.56 bits per heavy atom. The molecule has 1 saturated heterocycles. The third kappa shape index (κ3) is 2.63. The van der Waals surface area contributed by atoms with Crippen LogP contribution in [-0.4, -0.2) is 55.3 Å². The number of oxime groups is 1. The van der Waals surface area contributed by atoms with Crippen LogP contribution in [0.4, 0.5) is 0 Å². The molecule has 0 aromatic carbocycles. The molecule has 1 aliphatic rings. The monoisotopic (exact) mass is 250 g/mol. The summed E-state index contributed by atoms with van der Waals surface area (Å²) in [7, 11) is -0.423. The first kappa shape index (κ1) is 13.2. The zero-order valence-corrected chi connectivity index (χ0v) is 10.3. The molecule has 8 heteroatoms. The summed E-state index contributed by atoms with van der Waals surface area (Å²) in [5.41, 5.74) is 5.49. The standard InChI is InChI=1S/C8H18N4O3S/c1-11(2)16(14,15)12-5-3-4-7(6-12)8(9)10-13/h7,13H,3-6H2,1-2H3,(H2,9,10). The summed E-state index contributed by atoms with van der Waals surface area (Å²) in [5, 5.41) is 11.5. The van der Waals surface area contributed by atoms with Gasteiger partial charge in [0.05, 0.1) is 0 Å². The molecule has 0 saturated carbocycles. The Kier molecular flexibility index (Phi) is 4.11. The number of rotatable bonds is 3. The Bertz CT molecular complexity index is 365. The van der Waals surface area contributed by atoms with Crippen LogP contribution in [0.25, 0.3) is 0 Å². The van der Waals surface area contributed by atoms with Crippen molar-refractivity contribution in [2.24, 2.45) is 16.8 Å². The van der Waals surface area contributed by atoms with Crippen LogP contribution in [0.2, 0.25) is 0 Å². The highest BCUT2D eigenvalue weighted by molar-refractivity contribution is 7.86. The van der Waals surface area contributed by atoms with Crippen LogP contribution in [0.3, 0.4) is 0 Å². The lowest BCUT2D eigenvalue weighted by atomic mass is 9.99. The van der Waals surface area contributed by atoms with Gasteiger partial charge < -0.3 is 10.9 Å². The van der Waals surface area contributed by atoms with Crippen LogP contribution in [0.1, 0.15) is 12.8 Å². The van der Waals surface area contributed by atoms with Crippen molar-refractivity contribution in [1.29, 1.82) is 0 Å². The fourth-order valence-electron chi connectivity index (χ4n) is 1.71. The summed E-state index contributed by atoms with van der Waals surface area (Å²) in [5.74, 6) is -0.105. The van der Waals surface area contributed by atoms with Crippen LogP contribution in [-0.2, 0) is 10.2 Å². The summed E-state index contributed by atoms with van der Waals surface area (Å²) in [4.78, 5) is 0. The average Bonchev–Trinajstić information content (AvgIpc) is 2.28. The number of hydrogen-bond acceptors (Lipinski definition) is 4. The molecule has 0 aromatic heterocycles. The zero-order chi connectivity index (χ0) is 12.3. The molecule has 1 aliphatic heterocycles. The second-order valence-electron chi connectivity index (χ2n) is 4.01. The Balaban J connectivity index is 2.79. The molecule has 1 atom stereocenters. The van der Waals surface area contributed by atoms with Gasteiger partial charge in [-0.25, -0.2) is 0 Å². The number of hydrogen-bond donors (Lipinski definition) is 2. The zero-order valence-electron chi connectivity index (χ0n) is 9.50. The maximum absolute atomic E-state index is 11.9. The van der Waals surface area contributed by atoms with Gasteiger partial charge >= 0.3 is 0 Å². The minimum atomic E-state index is -3.40. The summed E-state index contributed by atoms with van der Waals surface area (Å²) >= 11 is 0. The molecular weight excluding hydrogens is 232 g/mol. The minimum absolute atomic E-state index is 0.0960. The Morgan fingerprint density at radius 2 is 2.19 bits per heavy atom.